The largest absolute Gasteiger partial charge is 0.306 e. The van der Waals surface area contributed by atoms with E-state index in [1.807, 2.05) is 0 Å². The second kappa shape index (κ2) is 9.97. The lowest BCUT2D eigenvalue weighted by Crippen LogP contribution is -2.22. The van der Waals surface area contributed by atoms with Crippen LogP contribution in [0.4, 0.5) is 0 Å². The lowest BCUT2D eigenvalue weighted by atomic mass is 10.1. The first kappa shape index (κ1) is 14.4. The average molecular weight is 264 g/mol. The highest BCUT2D eigenvalue weighted by Gasteiger charge is 2.00. The molecule has 14 heavy (non-hydrogen) atoms. The molecular weight excluding hydrogens is 238 g/mol. The van der Waals surface area contributed by atoms with Gasteiger partial charge in [-0.2, -0.15) is 0 Å². The van der Waals surface area contributed by atoms with Crippen LogP contribution >= 0.6 is 15.9 Å². The highest BCUT2D eigenvalue weighted by atomic mass is 79.9. The molecule has 0 aromatic carbocycles. The van der Waals surface area contributed by atoms with Crippen LogP contribution in [0.5, 0.6) is 0 Å². The van der Waals surface area contributed by atoms with Gasteiger partial charge in [-0.1, -0.05) is 55.5 Å². The molecule has 0 fully saturated rings. The molecule has 0 saturated heterocycles. The van der Waals surface area contributed by atoms with Gasteiger partial charge in [-0.3, -0.25) is 0 Å². The molecule has 0 rings (SSSR count). The van der Waals surface area contributed by atoms with Crippen LogP contribution in [0.1, 0.15) is 52.4 Å². The van der Waals surface area contributed by atoms with Crippen LogP contribution in [0.15, 0.2) is 0 Å². The van der Waals surface area contributed by atoms with Gasteiger partial charge in [0.15, 0.2) is 0 Å². The summed E-state index contributed by atoms with van der Waals surface area (Å²) >= 11 is 3.58. The molecular formula is C12H26BrN. The van der Waals surface area contributed by atoms with E-state index in [2.05, 4.69) is 41.7 Å². The van der Waals surface area contributed by atoms with Gasteiger partial charge in [-0.05, 0) is 33.0 Å². The third-order valence-corrected chi connectivity index (χ3v) is 3.01. The summed E-state index contributed by atoms with van der Waals surface area (Å²) in [5.41, 5.74) is 0. The SMILES string of the molecule is CCCCCCCN(C)CCC(C)Br. The highest BCUT2D eigenvalue weighted by Crippen LogP contribution is 2.06. The third kappa shape index (κ3) is 10.5. The fraction of sp³-hybridized carbons (Fsp3) is 1.00. The van der Waals surface area contributed by atoms with E-state index in [-0.39, 0.29) is 0 Å². The van der Waals surface area contributed by atoms with Gasteiger partial charge in [-0.15, -0.1) is 0 Å². The molecule has 0 amide bonds. The van der Waals surface area contributed by atoms with Crippen LogP contribution in [0.25, 0.3) is 0 Å². The molecule has 0 aromatic rings. The Balaban J connectivity index is 3.14. The smallest absolute Gasteiger partial charge is 0.0129 e. The van der Waals surface area contributed by atoms with E-state index >= 15 is 0 Å². The second-order valence-electron chi connectivity index (χ2n) is 4.29. The van der Waals surface area contributed by atoms with Gasteiger partial charge in [-0.25, -0.2) is 0 Å². The maximum absolute atomic E-state index is 3.58. The standard InChI is InChI=1S/C12H26BrN/c1-4-5-6-7-8-10-14(3)11-9-12(2)13/h12H,4-11H2,1-3H3. The van der Waals surface area contributed by atoms with Gasteiger partial charge in [0.05, 0.1) is 0 Å². The lowest BCUT2D eigenvalue weighted by Gasteiger charge is -2.16. The van der Waals surface area contributed by atoms with E-state index in [1.165, 1.54) is 51.6 Å². The molecule has 0 aliphatic carbocycles. The number of rotatable bonds is 9. The summed E-state index contributed by atoms with van der Waals surface area (Å²) in [7, 11) is 2.23. The van der Waals surface area contributed by atoms with E-state index in [4.69, 9.17) is 0 Å². The predicted molar refractivity (Wildman–Crippen MR) is 69.3 cm³/mol. The molecule has 0 bridgehead atoms. The van der Waals surface area contributed by atoms with Crippen molar-refractivity contribution in [2.45, 2.75) is 57.2 Å². The Hall–Kier alpha value is 0.440. The molecule has 0 aliphatic rings. The summed E-state index contributed by atoms with van der Waals surface area (Å²) in [6.45, 7) is 6.97. The van der Waals surface area contributed by atoms with E-state index < -0.39 is 0 Å². The monoisotopic (exact) mass is 263 g/mol. The second-order valence-corrected chi connectivity index (χ2v) is 5.85. The first-order valence-corrected chi connectivity index (χ1v) is 6.91. The molecule has 2 heteroatoms. The van der Waals surface area contributed by atoms with Crippen LogP contribution in [-0.4, -0.2) is 29.9 Å². The van der Waals surface area contributed by atoms with Crippen molar-refractivity contribution in [1.82, 2.24) is 4.90 Å². The number of hydrogen-bond donors (Lipinski definition) is 0. The minimum Gasteiger partial charge on any atom is -0.306 e. The van der Waals surface area contributed by atoms with E-state index in [9.17, 15) is 0 Å². The fourth-order valence-corrected chi connectivity index (χ4v) is 1.70. The average Bonchev–Trinajstić information content (AvgIpc) is 2.14. The maximum Gasteiger partial charge on any atom is 0.0129 e. The van der Waals surface area contributed by atoms with Crippen LogP contribution in [0.3, 0.4) is 0 Å². The Kier molecular flexibility index (Phi) is 10.3. The summed E-state index contributed by atoms with van der Waals surface area (Å²) in [5, 5.41) is 0. The van der Waals surface area contributed by atoms with Crippen molar-refractivity contribution < 1.29 is 0 Å². The number of alkyl halides is 1. The topological polar surface area (TPSA) is 3.24 Å². The van der Waals surface area contributed by atoms with Crippen molar-refractivity contribution in [3.05, 3.63) is 0 Å². The van der Waals surface area contributed by atoms with E-state index in [0.29, 0.717) is 4.83 Å². The number of halogens is 1. The lowest BCUT2D eigenvalue weighted by molar-refractivity contribution is 0.320. The molecule has 1 nitrogen and oxygen atoms in total. The molecule has 0 radical (unpaired) electrons. The number of hydrogen-bond acceptors (Lipinski definition) is 1. The number of nitrogens with zero attached hydrogens (tertiary/aromatic N) is 1. The zero-order chi connectivity index (χ0) is 10.8. The van der Waals surface area contributed by atoms with Crippen LogP contribution in [-0.2, 0) is 0 Å². The van der Waals surface area contributed by atoms with Gasteiger partial charge in [0.25, 0.3) is 0 Å². The van der Waals surface area contributed by atoms with Crippen molar-refractivity contribution in [3.63, 3.8) is 0 Å². The molecule has 86 valence electrons. The Morgan fingerprint density at radius 2 is 1.71 bits per heavy atom. The predicted octanol–water partition coefficient (Wildman–Crippen LogP) is 4.06. The molecule has 1 unspecified atom stereocenters. The van der Waals surface area contributed by atoms with Gasteiger partial charge in [0.1, 0.15) is 0 Å². The third-order valence-electron chi connectivity index (χ3n) is 2.55. The summed E-state index contributed by atoms with van der Waals surface area (Å²) in [6.07, 6.45) is 8.19. The molecule has 0 aliphatic heterocycles. The van der Waals surface area contributed by atoms with Crippen LogP contribution in [0, 0.1) is 0 Å². The summed E-state index contributed by atoms with van der Waals surface area (Å²) in [6, 6.07) is 0. The van der Waals surface area contributed by atoms with Gasteiger partial charge < -0.3 is 4.90 Å². The molecule has 0 heterocycles. The van der Waals surface area contributed by atoms with E-state index in [0.717, 1.165) is 0 Å². The Morgan fingerprint density at radius 3 is 2.29 bits per heavy atom. The Bertz CT molecular complexity index is 115. The molecule has 0 aromatic heterocycles. The van der Waals surface area contributed by atoms with Crippen molar-refractivity contribution in [3.8, 4) is 0 Å². The summed E-state index contributed by atoms with van der Waals surface area (Å²) < 4.78 is 0. The fourth-order valence-electron chi connectivity index (χ4n) is 1.50. The summed E-state index contributed by atoms with van der Waals surface area (Å²) in [4.78, 5) is 3.11. The zero-order valence-electron chi connectivity index (χ0n) is 10.1. The molecule has 0 spiro atoms. The molecule has 0 saturated carbocycles. The minimum absolute atomic E-state index is 0.657. The molecule has 0 N–H and O–H groups in total. The Morgan fingerprint density at radius 1 is 1.07 bits per heavy atom. The first-order valence-electron chi connectivity index (χ1n) is 5.99. The van der Waals surface area contributed by atoms with Crippen LogP contribution in [0.2, 0.25) is 0 Å². The zero-order valence-corrected chi connectivity index (χ0v) is 11.6. The van der Waals surface area contributed by atoms with Crippen molar-refractivity contribution in [1.29, 1.82) is 0 Å². The van der Waals surface area contributed by atoms with Crippen molar-refractivity contribution in [2.24, 2.45) is 0 Å². The Labute approximate surface area is 98.4 Å². The normalized spacial score (nSPS) is 13.5. The van der Waals surface area contributed by atoms with Crippen molar-refractivity contribution >= 4 is 15.9 Å². The van der Waals surface area contributed by atoms with E-state index in [1.54, 1.807) is 0 Å². The van der Waals surface area contributed by atoms with Gasteiger partial charge in [0, 0.05) is 4.83 Å². The first-order chi connectivity index (χ1) is 6.66. The summed E-state index contributed by atoms with van der Waals surface area (Å²) in [5.74, 6) is 0. The number of unbranched alkanes of at least 4 members (excludes halogenated alkanes) is 4. The quantitative estimate of drug-likeness (QED) is 0.448. The van der Waals surface area contributed by atoms with Gasteiger partial charge in [0.2, 0.25) is 0 Å². The molecule has 1 atom stereocenters. The highest BCUT2D eigenvalue weighted by molar-refractivity contribution is 9.09. The maximum atomic E-state index is 3.58. The van der Waals surface area contributed by atoms with Gasteiger partial charge >= 0.3 is 0 Å². The minimum atomic E-state index is 0.657. The van der Waals surface area contributed by atoms with Crippen molar-refractivity contribution in [2.75, 3.05) is 20.1 Å². The van der Waals surface area contributed by atoms with Crippen LogP contribution < -0.4 is 0 Å².